The van der Waals surface area contributed by atoms with E-state index in [1.807, 2.05) is 0 Å². The van der Waals surface area contributed by atoms with Crippen molar-refractivity contribution < 1.29 is 4.58 Å². The van der Waals surface area contributed by atoms with E-state index in [-0.39, 0.29) is 0 Å². The Labute approximate surface area is 211 Å². The molecule has 0 radical (unpaired) electrons. The standard InChI is InChI=1S/C34H25N2/c1-4-11-25(12-5-1)30-21-31(26-13-6-2-7-14-26)34(32(22-30)27-15-8-3-9-16-27)36-23-29-18-10-17-28-19-20-35(24-36)33(28)29/h1-23H,24H2/q+1. The first-order valence-electron chi connectivity index (χ1n) is 12.4. The highest BCUT2D eigenvalue weighted by molar-refractivity contribution is 5.99. The number of benzene rings is 5. The molecule has 0 unspecified atom stereocenters. The molecule has 5 aromatic carbocycles. The molecule has 1 aliphatic heterocycles. The van der Waals surface area contributed by atoms with Gasteiger partial charge in [0.15, 0.2) is 6.21 Å². The molecular formula is C34H25N2+. The van der Waals surface area contributed by atoms with Gasteiger partial charge >= 0.3 is 0 Å². The van der Waals surface area contributed by atoms with E-state index in [9.17, 15) is 0 Å². The average molecular weight is 462 g/mol. The number of para-hydroxylation sites is 1. The first-order chi connectivity index (χ1) is 17.8. The van der Waals surface area contributed by atoms with Crippen LogP contribution in [0.25, 0.3) is 44.3 Å². The summed E-state index contributed by atoms with van der Waals surface area (Å²) in [4.78, 5) is 0. The third-order valence-electron chi connectivity index (χ3n) is 7.09. The molecule has 6 aromatic rings. The third-order valence-corrected chi connectivity index (χ3v) is 7.09. The maximum atomic E-state index is 2.42. The van der Waals surface area contributed by atoms with Crippen molar-refractivity contribution in [3.05, 3.63) is 139 Å². The second-order valence-electron chi connectivity index (χ2n) is 9.33. The van der Waals surface area contributed by atoms with Crippen molar-refractivity contribution in [3.8, 4) is 33.4 Å². The van der Waals surface area contributed by atoms with Gasteiger partial charge in [-0.05, 0) is 46.5 Å². The Balaban J connectivity index is 1.55. The molecule has 0 bridgehead atoms. The minimum Gasteiger partial charge on any atom is -0.291 e. The number of hydrogen-bond donors (Lipinski definition) is 0. The summed E-state index contributed by atoms with van der Waals surface area (Å²) in [7, 11) is 0. The first kappa shape index (κ1) is 20.7. The molecule has 0 N–H and O–H groups in total. The number of nitrogens with zero attached hydrogens (tertiary/aromatic N) is 2. The average Bonchev–Trinajstić information content (AvgIpc) is 3.38. The fourth-order valence-electron chi connectivity index (χ4n) is 5.44. The zero-order chi connectivity index (χ0) is 23.9. The third kappa shape index (κ3) is 3.47. The van der Waals surface area contributed by atoms with Crippen molar-refractivity contribution in [1.82, 2.24) is 4.57 Å². The van der Waals surface area contributed by atoms with Gasteiger partial charge in [0.1, 0.15) is 0 Å². The fraction of sp³-hybridized carbons (Fsp3) is 0.0294. The van der Waals surface area contributed by atoms with Crippen LogP contribution >= 0.6 is 0 Å². The van der Waals surface area contributed by atoms with Gasteiger partial charge in [-0.3, -0.25) is 4.57 Å². The van der Waals surface area contributed by atoms with Gasteiger partial charge in [0, 0.05) is 11.6 Å². The Morgan fingerprint density at radius 2 is 1.11 bits per heavy atom. The molecule has 2 heteroatoms. The van der Waals surface area contributed by atoms with E-state index in [4.69, 9.17) is 0 Å². The molecule has 7 rings (SSSR count). The maximum Gasteiger partial charge on any atom is 0.228 e. The summed E-state index contributed by atoms with van der Waals surface area (Å²) in [5.41, 5.74) is 11.1. The van der Waals surface area contributed by atoms with Gasteiger partial charge in [-0.25, -0.2) is 0 Å². The van der Waals surface area contributed by atoms with Gasteiger partial charge in [-0.2, -0.15) is 4.58 Å². The van der Waals surface area contributed by atoms with Crippen molar-refractivity contribution in [3.63, 3.8) is 0 Å². The molecule has 2 heterocycles. The van der Waals surface area contributed by atoms with Gasteiger partial charge in [0.25, 0.3) is 0 Å². The second kappa shape index (κ2) is 8.51. The molecule has 0 aliphatic carbocycles. The highest BCUT2D eigenvalue weighted by atomic mass is 15.2. The quantitative estimate of drug-likeness (QED) is 0.233. The fourth-order valence-corrected chi connectivity index (χ4v) is 5.44. The minimum absolute atomic E-state index is 0.769. The van der Waals surface area contributed by atoms with Crippen LogP contribution in [0, 0.1) is 0 Å². The van der Waals surface area contributed by atoms with E-state index >= 15 is 0 Å². The largest absolute Gasteiger partial charge is 0.291 e. The van der Waals surface area contributed by atoms with E-state index in [0.717, 1.165) is 6.67 Å². The lowest BCUT2D eigenvalue weighted by atomic mass is 9.90. The lowest BCUT2D eigenvalue weighted by molar-refractivity contribution is -0.470. The molecule has 0 saturated heterocycles. The van der Waals surface area contributed by atoms with Gasteiger partial charge in [0.05, 0.1) is 22.2 Å². The Morgan fingerprint density at radius 3 is 1.72 bits per heavy atom. The molecule has 1 aliphatic rings. The van der Waals surface area contributed by atoms with Crippen LogP contribution in [0.3, 0.4) is 0 Å². The number of rotatable bonds is 4. The lowest BCUT2D eigenvalue weighted by Crippen LogP contribution is -2.19. The van der Waals surface area contributed by atoms with Crippen molar-refractivity contribution in [2.75, 3.05) is 0 Å². The summed E-state index contributed by atoms with van der Waals surface area (Å²) in [6, 6.07) is 45.7. The van der Waals surface area contributed by atoms with Crippen LogP contribution < -0.4 is 0 Å². The van der Waals surface area contributed by atoms with Crippen molar-refractivity contribution in [2.24, 2.45) is 0 Å². The monoisotopic (exact) mass is 461 g/mol. The maximum absolute atomic E-state index is 2.42. The zero-order valence-corrected chi connectivity index (χ0v) is 19.9. The van der Waals surface area contributed by atoms with E-state index < -0.39 is 0 Å². The van der Waals surface area contributed by atoms with Crippen molar-refractivity contribution in [1.29, 1.82) is 0 Å². The van der Waals surface area contributed by atoms with Gasteiger partial charge in [-0.15, -0.1) is 0 Å². The summed E-state index contributed by atoms with van der Waals surface area (Å²) in [5.74, 6) is 0. The van der Waals surface area contributed by atoms with Gasteiger partial charge < -0.3 is 0 Å². The van der Waals surface area contributed by atoms with Gasteiger partial charge in [0.2, 0.25) is 12.4 Å². The van der Waals surface area contributed by atoms with Crippen LogP contribution in [0.1, 0.15) is 5.56 Å². The molecule has 170 valence electrons. The van der Waals surface area contributed by atoms with Crippen molar-refractivity contribution in [2.45, 2.75) is 6.67 Å². The molecule has 0 saturated carbocycles. The van der Waals surface area contributed by atoms with Crippen LogP contribution in [-0.4, -0.2) is 15.4 Å². The molecule has 2 nitrogen and oxygen atoms in total. The van der Waals surface area contributed by atoms with Gasteiger partial charge in [-0.1, -0.05) is 103 Å². The minimum atomic E-state index is 0.769. The topological polar surface area (TPSA) is 7.94 Å². The van der Waals surface area contributed by atoms with E-state index in [0.29, 0.717) is 0 Å². The lowest BCUT2D eigenvalue weighted by Gasteiger charge is -2.19. The summed E-state index contributed by atoms with van der Waals surface area (Å²) >= 11 is 0. The molecule has 1 aromatic heterocycles. The van der Waals surface area contributed by atoms with E-state index in [1.165, 1.54) is 55.5 Å². The Morgan fingerprint density at radius 1 is 0.528 bits per heavy atom. The predicted octanol–water partition coefficient (Wildman–Crippen LogP) is 8.38. The molecule has 36 heavy (non-hydrogen) atoms. The van der Waals surface area contributed by atoms with Crippen molar-refractivity contribution >= 4 is 22.8 Å². The Hall–Kier alpha value is -4.69. The van der Waals surface area contributed by atoms with E-state index in [2.05, 4.69) is 149 Å². The normalized spacial score (nSPS) is 12.5. The zero-order valence-electron chi connectivity index (χ0n) is 19.9. The highest BCUT2D eigenvalue weighted by Crippen LogP contribution is 2.43. The number of aromatic nitrogens is 1. The summed E-state index contributed by atoms with van der Waals surface area (Å²) in [5, 5.41) is 1.29. The van der Waals surface area contributed by atoms with Crippen LogP contribution in [0.2, 0.25) is 0 Å². The Kier molecular flexibility index (Phi) is 4.89. The smallest absolute Gasteiger partial charge is 0.228 e. The summed E-state index contributed by atoms with van der Waals surface area (Å²) in [6.45, 7) is 0.769. The second-order valence-corrected chi connectivity index (χ2v) is 9.33. The highest BCUT2D eigenvalue weighted by Gasteiger charge is 2.27. The SMILES string of the molecule is C1=[N+](c2c(-c3ccccc3)cc(-c3ccccc3)cc2-c2ccccc2)Cn2ccc3cccc1c32. The van der Waals surface area contributed by atoms with Crippen LogP contribution in [0.4, 0.5) is 5.69 Å². The van der Waals surface area contributed by atoms with Crippen LogP contribution in [-0.2, 0) is 6.67 Å². The predicted molar refractivity (Wildman–Crippen MR) is 150 cm³/mol. The molecule has 0 atom stereocenters. The molecule has 0 fully saturated rings. The van der Waals surface area contributed by atoms with E-state index in [1.54, 1.807) is 0 Å². The molecular weight excluding hydrogens is 436 g/mol. The Bertz CT molecular complexity index is 1670. The molecule has 0 amide bonds. The molecule has 0 spiro atoms. The first-order valence-corrected chi connectivity index (χ1v) is 12.4. The van der Waals surface area contributed by atoms with Crippen LogP contribution in [0.5, 0.6) is 0 Å². The van der Waals surface area contributed by atoms with Crippen LogP contribution in [0.15, 0.2) is 134 Å². The summed E-state index contributed by atoms with van der Waals surface area (Å²) in [6.07, 6.45) is 4.52. The number of hydrogen-bond acceptors (Lipinski definition) is 0. The summed E-state index contributed by atoms with van der Waals surface area (Å²) < 4.78 is 4.78.